The number of hydrogen-bond acceptors (Lipinski definition) is 4. The second-order valence-electron chi connectivity index (χ2n) is 3.69. The van der Waals surface area contributed by atoms with E-state index in [1.807, 2.05) is 0 Å². The fourth-order valence-electron chi connectivity index (χ4n) is 1.51. The van der Waals surface area contributed by atoms with Gasteiger partial charge in [0.05, 0.1) is 9.38 Å². The number of halogens is 1. The summed E-state index contributed by atoms with van der Waals surface area (Å²) >= 11 is 4.58. The number of nitrogens with zero attached hydrogens (tertiary/aromatic N) is 2. The van der Waals surface area contributed by atoms with Crippen molar-refractivity contribution in [3.8, 4) is 5.75 Å². The van der Waals surface area contributed by atoms with E-state index in [1.54, 1.807) is 38.4 Å². The zero-order valence-electron chi connectivity index (χ0n) is 9.85. The van der Waals surface area contributed by atoms with E-state index in [0.29, 0.717) is 14.5 Å². The Kier molecular flexibility index (Phi) is 3.77. The van der Waals surface area contributed by atoms with Gasteiger partial charge in [0.2, 0.25) is 0 Å². The van der Waals surface area contributed by atoms with Crippen LogP contribution in [0, 0.1) is 0 Å². The third kappa shape index (κ3) is 2.44. The molecule has 18 heavy (non-hydrogen) atoms. The van der Waals surface area contributed by atoms with Gasteiger partial charge in [-0.2, -0.15) is 0 Å². The fraction of sp³-hybridized carbons (Fsp3) is 0.167. The van der Waals surface area contributed by atoms with Gasteiger partial charge in [0.15, 0.2) is 5.17 Å². The van der Waals surface area contributed by atoms with E-state index in [1.165, 1.54) is 16.7 Å². The Morgan fingerprint density at radius 3 is 2.78 bits per heavy atom. The summed E-state index contributed by atoms with van der Waals surface area (Å²) in [6, 6.07) is 5.10. The molecular weight excluding hydrogens is 316 g/mol. The second-order valence-corrected chi connectivity index (χ2v) is 5.56. The highest BCUT2D eigenvalue weighted by Crippen LogP contribution is 2.32. The number of thioether (sulfide) groups is 1. The molecule has 0 aromatic heterocycles. The van der Waals surface area contributed by atoms with Crippen molar-refractivity contribution in [3.05, 3.63) is 33.1 Å². The number of benzene rings is 1. The van der Waals surface area contributed by atoms with E-state index in [4.69, 9.17) is 0 Å². The SMILES string of the molecule is CN=C1S/C(=C\c2ccc(O)c(Br)c2)C(=O)N1C. The van der Waals surface area contributed by atoms with Crippen molar-refractivity contribution in [1.29, 1.82) is 0 Å². The fourth-order valence-corrected chi connectivity index (χ4v) is 2.84. The van der Waals surface area contributed by atoms with Crippen molar-refractivity contribution < 1.29 is 9.90 Å². The molecule has 1 aliphatic heterocycles. The molecule has 1 aliphatic rings. The first-order chi connectivity index (χ1) is 8.52. The van der Waals surface area contributed by atoms with Gasteiger partial charge >= 0.3 is 0 Å². The van der Waals surface area contributed by atoms with Crippen LogP contribution in [-0.2, 0) is 4.79 Å². The lowest BCUT2D eigenvalue weighted by Crippen LogP contribution is -2.23. The lowest BCUT2D eigenvalue weighted by Gasteiger charge is -2.05. The summed E-state index contributed by atoms with van der Waals surface area (Å²) in [5, 5.41) is 10.1. The summed E-state index contributed by atoms with van der Waals surface area (Å²) in [5.41, 5.74) is 0.848. The van der Waals surface area contributed by atoms with Crippen LogP contribution in [0.1, 0.15) is 5.56 Å². The van der Waals surface area contributed by atoms with Crippen molar-refractivity contribution in [2.75, 3.05) is 14.1 Å². The molecular formula is C12H11BrN2O2S. The van der Waals surface area contributed by atoms with Crippen molar-refractivity contribution >= 4 is 44.8 Å². The van der Waals surface area contributed by atoms with Crippen molar-refractivity contribution in [2.45, 2.75) is 0 Å². The van der Waals surface area contributed by atoms with Gasteiger partial charge in [0.1, 0.15) is 5.75 Å². The number of phenolic OH excluding ortho intramolecular Hbond substituents is 1. The smallest absolute Gasteiger partial charge is 0.266 e. The predicted molar refractivity (Wildman–Crippen MR) is 77.5 cm³/mol. The van der Waals surface area contributed by atoms with Crippen LogP contribution >= 0.6 is 27.7 Å². The third-order valence-corrected chi connectivity index (χ3v) is 4.25. The largest absolute Gasteiger partial charge is 0.507 e. The quantitative estimate of drug-likeness (QED) is 0.807. The van der Waals surface area contributed by atoms with Crippen molar-refractivity contribution in [2.24, 2.45) is 4.99 Å². The number of rotatable bonds is 1. The van der Waals surface area contributed by atoms with Crippen molar-refractivity contribution in [3.63, 3.8) is 0 Å². The molecule has 1 saturated heterocycles. The van der Waals surface area contributed by atoms with Gasteiger partial charge in [-0.25, -0.2) is 0 Å². The van der Waals surface area contributed by atoms with Gasteiger partial charge in [-0.1, -0.05) is 6.07 Å². The number of aromatic hydroxyl groups is 1. The van der Waals surface area contributed by atoms with Gasteiger partial charge in [-0.15, -0.1) is 0 Å². The Bertz CT molecular complexity index is 569. The molecule has 6 heteroatoms. The summed E-state index contributed by atoms with van der Waals surface area (Å²) in [5.74, 6) is 0.111. The average molecular weight is 327 g/mol. The molecule has 1 amide bonds. The molecule has 1 aromatic carbocycles. The maximum Gasteiger partial charge on any atom is 0.266 e. The summed E-state index contributed by atoms with van der Waals surface area (Å²) in [6.45, 7) is 0. The van der Waals surface area contributed by atoms with Crippen LogP contribution in [0.2, 0.25) is 0 Å². The van der Waals surface area contributed by atoms with E-state index in [0.717, 1.165) is 5.56 Å². The lowest BCUT2D eigenvalue weighted by molar-refractivity contribution is -0.121. The zero-order valence-corrected chi connectivity index (χ0v) is 12.2. The van der Waals surface area contributed by atoms with Crippen LogP contribution in [0.4, 0.5) is 0 Å². The number of hydrogen-bond donors (Lipinski definition) is 1. The van der Waals surface area contributed by atoms with Crippen LogP contribution in [0.3, 0.4) is 0 Å². The summed E-state index contributed by atoms with van der Waals surface area (Å²) in [6.07, 6.45) is 1.78. The Morgan fingerprint density at radius 1 is 1.50 bits per heavy atom. The molecule has 1 aromatic rings. The predicted octanol–water partition coefficient (Wildman–Crippen LogP) is 2.69. The Morgan fingerprint density at radius 2 is 2.22 bits per heavy atom. The molecule has 0 spiro atoms. The number of phenols is 1. The van der Waals surface area contributed by atoms with Gasteiger partial charge in [-0.3, -0.25) is 14.7 Å². The minimum Gasteiger partial charge on any atom is -0.507 e. The maximum atomic E-state index is 11.9. The van der Waals surface area contributed by atoms with Crippen LogP contribution in [0.25, 0.3) is 6.08 Å². The van der Waals surface area contributed by atoms with Gasteiger partial charge < -0.3 is 5.11 Å². The maximum absolute atomic E-state index is 11.9. The first kappa shape index (κ1) is 13.2. The van der Waals surface area contributed by atoms with Gasteiger partial charge in [-0.05, 0) is 51.5 Å². The molecule has 1 heterocycles. The first-order valence-corrected chi connectivity index (χ1v) is 6.77. The molecule has 1 fully saturated rings. The Hall–Kier alpha value is -1.27. The molecule has 4 nitrogen and oxygen atoms in total. The minimum atomic E-state index is -0.0650. The molecule has 0 aliphatic carbocycles. The van der Waals surface area contributed by atoms with Crippen LogP contribution in [0.15, 0.2) is 32.6 Å². The topological polar surface area (TPSA) is 52.9 Å². The number of carbonyl (C=O) groups is 1. The molecule has 1 N–H and O–H groups in total. The van der Waals surface area contributed by atoms with Crippen molar-refractivity contribution in [1.82, 2.24) is 4.90 Å². The molecule has 0 radical (unpaired) electrons. The number of likely N-dealkylation sites (N-methyl/N-ethyl adjacent to an activating group) is 1. The molecule has 0 unspecified atom stereocenters. The van der Waals surface area contributed by atoms with Gasteiger partial charge in [0, 0.05) is 14.1 Å². The van der Waals surface area contributed by atoms with Crippen LogP contribution in [0.5, 0.6) is 5.75 Å². The van der Waals surface area contributed by atoms with E-state index < -0.39 is 0 Å². The van der Waals surface area contributed by atoms with Gasteiger partial charge in [0.25, 0.3) is 5.91 Å². The standard InChI is InChI=1S/C12H11BrN2O2S/c1-14-12-15(2)11(17)10(18-12)6-7-3-4-9(16)8(13)5-7/h3-6,16H,1-2H3/b10-6-,14-12?. The monoisotopic (exact) mass is 326 g/mol. The lowest BCUT2D eigenvalue weighted by atomic mass is 10.2. The molecule has 2 rings (SSSR count). The normalized spacial score (nSPS) is 20.2. The molecule has 0 bridgehead atoms. The minimum absolute atomic E-state index is 0.0650. The molecule has 94 valence electrons. The number of amidine groups is 1. The number of carbonyl (C=O) groups excluding carboxylic acids is 1. The van der Waals surface area contributed by atoms with E-state index >= 15 is 0 Å². The van der Waals surface area contributed by atoms with Crippen LogP contribution in [-0.4, -0.2) is 35.2 Å². The van der Waals surface area contributed by atoms with Crippen LogP contribution < -0.4 is 0 Å². The highest BCUT2D eigenvalue weighted by Gasteiger charge is 2.29. The Balaban J connectivity index is 2.34. The summed E-state index contributed by atoms with van der Waals surface area (Å²) in [4.78, 5) is 18.1. The van der Waals surface area contributed by atoms with E-state index in [9.17, 15) is 9.90 Å². The highest BCUT2D eigenvalue weighted by atomic mass is 79.9. The van der Waals surface area contributed by atoms with E-state index in [2.05, 4.69) is 20.9 Å². The molecule has 0 atom stereocenters. The average Bonchev–Trinajstić information content (AvgIpc) is 2.62. The Labute approximate surface area is 118 Å². The highest BCUT2D eigenvalue weighted by molar-refractivity contribution is 9.10. The third-order valence-electron chi connectivity index (χ3n) is 2.46. The molecule has 0 saturated carbocycles. The summed E-state index contributed by atoms with van der Waals surface area (Å²) in [7, 11) is 3.36. The number of amides is 1. The first-order valence-electron chi connectivity index (χ1n) is 5.16. The second kappa shape index (κ2) is 5.16. The summed E-state index contributed by atoms with van der Waals surface area (Å²) < 4.78 is 0.602. The zero-order chi connectivity index (χ0) is 13.3. The number of aliphatic imine (C=N–C) groups is 1. The van der Waals surface area contributed by atoms with E-state index in [-0.39, 0.29) is 11.7 Å².